The summed E-state index contributed by atoms with van der Waals surface area (Å²) in [6, 6.07) is 4.83. The number of phenolic OH excluding ortho intramolecular Hbond substituents is 1. The molecule has 2 nitrogen and oxygen atoms in total. The summed E-state index contributed by atoms with van der Waals surface area (Å²) >= 11 is 5.79. The molecule has 0 spiro atoms. The molecule has 0 aliphatic carbocycles. The van der Waals surface area contributed by atoms with Crippen LogP contribution in [0.5, 0.6) is 5.75 Å². The average molecular weight is 201 g/mol. The number of aliphatic hydroxyl groups excluding tert-OH is 1. The maximum absolute atomic E-state index is 9.53. The van der Waals surface area contributed by atoms with E-state index in [4.69, 9.17) is 16.7 Å². The van der Waals surface area contributed by atoms with Crippen LogP contribution in [0.3, 0.4) is 0 Å². The molecule has 0 bridgehead atoms. The van der Waals surface area contributed by atoms with Crippen molar-refractivity contribution in [1.82, 2.24) is 0 Å². The Morgan fingerprint density at radius 2 is 2.00 bits per heavy atom. The van der Waals surface area contributed by atoms with E-state index >= 15 is 0 Å². The Balaban J connectivity index is 3.20. The Hall–Kier alpha value is -0.730. The molecule has 2 N–H and O–H groups in total. The number of rotatable bonds is 2. The second-order valence-electron chi connectivity index (χ2n) is 3.70. The van der Waals surface area contributed by atoms with Crippen molar-refractivity contribution in [3.05, 3.63) is 28.8 Å². The Bertz CT molecular complexity index is 308. The van der Waals surface area contributed by atoms with Crippen LogP contribution in [0.25, 0.3) is 0 Å². The average Bonchev–Trinajstić information content (AvgIpc) is 2.09. The van der Waals surface area contributed by atoms with Crippen LogP contribution >= 0.6 is 11.6 Å². The largest absolute Gasteiger partial charge is 0.508 e. The van der Waals surface area contributed by atoms with E-state index in [9.17, 15) is 5.11 Å². The fourth-order valence-electron chi connectivity index (χ4n) is 1.14. The van der Waals surface area contributed by atoms with Gasteiger partial charge in [0.15, 0.2) is 0 Å². The van der Waals surface area contributed by atoms with Gasteiger partial charge >= 0.3 is 0 Å². The predicted octanol–water partition coefficient (Wildman–Crippen LogP) is 2.32. The van der Waals surface area contributed by atoms with Crippen LogP contribution in [-0.4, -0.2) is 16.8 Å². The standard InChI is InChI=1S/C10H13ClO2/c1-10(2,6-12)8-5-7(11)3-4-9(8)13/h3-5,12-13H,6H2,1-2H3. The third kappa shape index (κ3) is 2.14. The normalized spacial score (nSPS) is 11.7. The molecule has 0 atom stereocenters. The van der Waals surface area contributed by atoms with E-state index in [-0.39, 0.29) is 12.4 Å². The Labute approximate surface area is 82.8 Å². The van der Waals surface area contributed by atoms with E-state index in [0.717, 1.165) is 0 Å². The van der Waals surface area contributed by atoms with Gasteiger partial charge in [-0.3, -0.25) is 0 Å². The van der Waals surface area contributed by atoms with Crippen molar-refractivity contribution in [2.75, 3.05) is 6.61 Å². The van der Waals surface area contributed by atoms with Crippen molar-refractivity contribution in [2.45, 2.75) is 19.3 Å². The molecule has 1 rings (SSSR count). The lowest BCUT2D eigenvalue weighted by Crippen LogP contribution is -2.22. The molecule has 0 radical (unpaired) electrons. The first kappa shape index (κ1) is 10.4. The topological polar surface area (TPSA) is 40.5 Å². The van der Waals surface area contributed by atoms with Gasteiger partial charge in [0.05, 0.1) is 6.61 Å². The molecule has 0 amide bonds. The van der Waals surface area contributed by atoms with Crippen LogP contribution in [-0.2, 0) is 5.41 Å². The Kier molecular flexibility index (Phi) is 2.84. The number of aliphatic hydroxyl groups is 1. The lowest BCUT2D eigenvalue weighted by Gasteiger charge is -2.23. The van der Waals surface area contributed by atoms with Crippen molar-refractivity contribution in [1.29, 1.82) is 0 Å². The minimum Gasteiger partial charge on any atom is -0.508 e. The van der Waals surface area contributed by atoms with Crippen LogP contribution in [0.15, 0.2) is 18.2 Å². The molecule has 1 aromatic rings. The van der Waals surface area contributed by atoms with Crippen molar-refractivity contribution < 1.29 is 10.2 Å². The molecular formula is C10H13ClO2. The fraction of sp³-hybridized carbons (Fsp3) is 0.400. The zero-order valence-electron chi connectivity index (χ0n) is 7.71. The number of benzene rings is 1. The number of halogens is 1. The minimum atomic E-state index is -0.463. The fourth-order valence-corrected chi connectivity index (χ4v) is 1.31. The minimum absolute atomic E-state index is 0.0269. The van der Waals surface area contributed by atoms with Crippen LogP contribution in [0.1, 0.15) is 19.4 Å². The van der Waals surface area contributed by atoms with Gasteiger partial charge < -0.3 is 10.2 Å². The van der Waals surface area contributed by atoms with Gasteiger partial charge in [-0.25, -0.2) is 0 Å². The summed E-state index contributed by atoms with van der Waals surface area (Å²) in [6.07, 6.45) is 0. The van der Waals surface area contributed by atoms with E-state index in [0.29, 0.717) is 10.6 Å². The second kappa shape index (κ2) is 3.56. The molecule has 0 aliphatic heterocycles. The van der Waals surface area contributed by atoms with Crippen LogP contribution in [0.4, 0.5) is 0 Å². The quantitative estimate of drug-likeness (QED) is 0.769. The van der Waals surface area contributed by atoms with Gasteiger partial charge in [0.25, 0.3) is 0 Å². The highest BCUT2D eigenvalue weighted by Gasteiger charge is 2.22. The highest BCUT2D eigenvalue weighted by Crippen LogP contribution is 2.32. The molecule has 0 heterocycles. The first-order chi connectivity index (χ1) is 5.97. The lowest BCUT2D eigenvalue weighted by molar-refractivity contribution is 0.215. The van der Waals surface area contributed by atoms with Crippen molar-refractivity contribution in [2.24, 2.45) is 0 Å². The summed E-state index contributed by atoms with van der Waals surface area (Å²) in [5.74, 6) is 0.170. The van der Waals surface area contributed by atoms with E-state index in [1.807, 2.05) is 13.8 Å². The van der Waals surface area contributed by atoms with Gasteiger partial charge in [-0.15, -0.1) is 0 Å². The van der Waals surface area contributed by atoms with Crippen LogP contribution in [0.2, 0.25) is 5.02 Å². The van der Waals surface area contributed by atoms with Crippen molar-refractivity contribution in [3.8, 4) is 5.75 Å². The Morgan fingerprint density at radius 1 is 1.38 bits per heavy atom. The molecule has 13 heavy (non-hydrogen) atoms. The smallest absolute Gasteiger partial charge is 0.119 e. The highest BCUT2D eigenvalue weighted by molar-refractivity contribution is 6.30. The number of aromatic hydroxyl groups is 1. The molecule has 3 heteroatoms. The molecule has 0 aromatic heterocycles. The number of hydrogen-bond acceptors (Lipinski definition) is 2. The van der Waals surface area contributed by atoms with Gasteiger partial charge in [0, 0.05) is 16.0 Å². The molecule has 1 aromatic carbocycles. The van der Waals surface area contributed by atoms with Gasteiger partial charge in [-0.1, -0.05) is 25.4 Å². The third-order valence-corrected chi connectivity index (χ3v) is 2.32. The van der Waals surface area contributed by atoms with Crippen molar-refractivity contribution in [3.63, 3.8) is 0 Å². The van der Waals surface area contributed by atoms with Gasteiger partial charge in [0.1, 0.15) is 5.75 Å². The molecule has 0 saturated carbocycles. The summed E-state index contributed by atoms with van der Waals surface area (Å²) in [7, 11) is 0. The molecule has 0 saturated heterocycles. The molecule has 72 valence electrons. The van der Waals surface area contributed by atoms with Crippen molar-refractivity contribution >= 4 is 11.6 Å². The second-order valence-corrected chi connectivity index (χ2v) is 4.14. The maximum Gasteiger partial charge on any atom is 0.119 e. The Morgan fingerprint density at radius 3 is 2.54 bits per heavy atom. The summed E-state index contributed by atoms with van der Waals surface area (Å²) < 4.78 is 0. The lowest BCUT2D eigenvalue weighted by atomic mass is 9.85. The third-order valence-electron chi connectivity index (χ3n) is 2.08. The summed E-state index contributed by atoms with van der Waals surface area (Å²) in [6.45, 7) is 3.66. The summed E-state index contributed by atoms with van der Waals surface area (Å²) in [4.78, 5) is 0. The van der Waals surface area contributed by atoms with E-state index in [1.54, 1.807) is 12.1 Å². The van der Waals surface area contributed by atoms with Crippen LogP contribution < -0.4 is 0 Å². The van der Waals surface area contributed by atoms with E-state index in [1.165, 1.54) is 6.07 Å². The first-order valence-electron chi connectivity index (χ1n) is 4.07. The first-order valence-corrected chi connectivity index (χ1v) is 4.45. The molecule has 0 unspecified atom stereocenters. The summed E-state index contributed by atoms with van der Waals surface area (Å²) in [5.41, 5.74) is 0.206. The van der Waals surface area contributed by atoms with E-state index < -0.39 is 5.41 Å². The zero-order valence-corrected chi connectivity index (χ0v) is 8.47. The zero-order chi connectivity index (χ0) is 10.1. The molecule has 0 aliphatic rings. The SMILES string of the molecule is CC(C)(CO)c1cc(Cl)ccc1O. The van der Waals surface area contributed by atoms with Gasteiger partial charge in [-0.05, 0) is 18.2 Å². The van der Waals surface area contributed by atoms with Crippen LogP contribution in [0, 0.1) is 0 Å². The van der Waals surface area contributed by atoms with E-state index in [2.05, 4.69) is 0 Å². The predicted molar refractivity (Wildman–Crippen MR) is 53.2 cm³/mol. The monoisotopic (exact) mass is 200 g/mol. The highest BCUT2D eigenvalue weighted by atomic mass is 35.5. The molecule has 0 fully saturated rings. The summed E-state index contributed by atoms with van der Waals surface area (Å²) in [5, 5.41) is 19.2. The number of phenols is 1. The van der Waals surface area contributed by atoms with Gasteiger partial charge in [0.2, 0.25) is 0 Å². The molecular weight excluding hydrogens is 188 g/mol. The maximum atomic E-state index is 9.53. The van der Waals surface area contributed by atoms with Gasteiger partial charge in [-0.2, -0.15) is 0 Å². The number of hydrogen-bond donors (Lipinski definition) is 2.